The van der Waals surface area contributed by atoms with Crippen molar-refractivity contribution in [3.8, 4) is 0 Å². The van der Waals surface area contributed by atoms with Crippen molar-refractivity contribution in [2.24, 2.45) is 0 Å². The third kappa shape index (κ3) is 4.75. The smallest absolute Gasteiger partial charge is 0.549 e. The molecule has 0 saturated carbocycles. The summed E-state index contributed by atoms with van der Waals surface area (Å²) in [7, 11) is 0. The van der Waals surface area contributed by atoms with Gasteiger partial charge in [-0.15, -0.1) is 0 Å². The minimum absolute atomic E-state index is 0. The Morgan fingerprint density at radius 2 is 1.92 bits per heavy atom. The third-order valence-electron chi connectivity index (χ3n) is 1.94. The van der Waals surface area contributed by atoms with Gasteiger partial charge in [0.1, 0.15) is 0 Å². The molecule has 0 aromatic rings. The van der Waals surface area contributed by atoms with Gasteiger partial charge >= 0.3 is 29.6 Å². The Kier molecular flexibility index (Phi) is 7.74. The molecule has 0 bridgehead atoms. The molecule has 64 valence electrons. The fourth-order valence-electron chi connectivity index (χ4n) is 1.28. The second-order valence-corrected chi connectivity index (χ2v) is 4.19. The molecule has 1 heterocycles. The summed E-state index contributed by atoms with van der Waals surface area (Å²) in [4.78, 5) is 10.5. The molecule has 1 saturated heterocycles. The molecular formula is C8H13NaO2S. The number of carbonyl (C=O) groups is 1. The SMILES string of the molecule is O=C([O-])C1CCCCCCS1.[Na+]. The van der Waals surface area contributed by atoms with Gasteiger partial charge in [-0.3, -0.25) is 0 Å². The van der Waals surface area contributed by atoms with Crippen molar-refractivity contribution in [3.05, 3.63) is 0 Å². The van der Waals surface area contributed by atoms with Crippen LogP contribution in [-0.2, 0) is 4.79 Å². The first-order chi connectivity index (χ1) is 5.30. The largest absolute Gasteiger partial charge is 1.00 e. The molecule has 1 atom stereocenters. The van der Waals surface area contributed by atoms with E-state index in [4.69, 9.17) is 0 Å². The molecule has 4 heteroatoms. The van der Waals surface area contributed by atoms with Gasteiger partial charge in [-0.2, -0.15) is 11.8 Å². The average molecular weight is 196 g/mol. The molecule has 0 aromatic heterocycles. The first-order valence-electron chi connectivity index (χ1n) is 4.13. The van der Waals surface area contributed by atoms with E-state index in [1.807, 2.05) is 0 Å². The monoisotopic (exact) mass is 196 g/mol. The van der Waals surface area contributed by atoms with Gasteiger partial charge in [-0.1, -0.05) is 19.3 Å². The van der Waals surface area contributed by atoms with Crippen LogP contribution in [0.25, 0.3) is 0 Å². The third-order valence-corrected chi connectivity index (χ3v) is 3.30. The quantitative estimate of drug-likeness (QED) is 0.447. The molecule has 1 aliphatic rings. The van der Waals surface area contributed by atoms with E-state index in [0.717, 1.165) is 25.0 Å². The Morgan fingerprint density at radius 3 is 2.58 bits per heavy atom. The predicted molar refractivity (Wildman–Crippen MR) is 44.3 cm³/mol. The molecular weight excluding hydrogens is 183 g/mol. The molecule has 1 aliphatic heterocycles. The summed E-state index contributed by atoms with van der Waals surface area (Å²) in [6, 6.07) is 0. The van der Waals surface area contributed by atoms with Crippen molar-refractivity contribution in [1.82, 2.24) is 0 Å². The van der Waals surface area contributed by atoms with E-state index in [0.29, 0.717) is 0 Å². The number of rotatable bonds is 1. The van der Waals surface area contributed by atoms with Crippen molar-refractivity contribution >= 4 is 17.7 Å². The van der Waals surface area contributed by atoms with Crippen molar-refractivity contribution in [1.29, 1.82) is 0 Å². The normalized spacial score (nSPS) is 24.8. The van der Waals surface area contributed by atoms with E-state index in [1.54, 1.807) is 11.8 Å². The van der Waals surface area contributed by atoms with E-state index < -0.39 is 5.97 Å². The van der Waals surface area contributed by atoms with E-state index in [-0.39, 0.29) is 34.8 Å². The van der Waals surface area contributed by atoms with Gasteiger partial charge in [-0.05, 0) is 18.6 Å². The van der Waals surface area contributed by atoms with Crippen LogP contribution in [0, 0.1) is 0 Å². The molecule has 0 N–H and O–H groups in total. The molecule has 0 radical (unpaired) electrons. The van der Waals surface area contributed by atoms with Crippen LogP contribution >= 0.6 is 11.8 Å². The zero-order valence-corrected chi connectivity index (χ0v) is 10.4. The molecule has 1 rings (SSSR count). The Hall–Kier alpha value is 0.820. The number of carbonyl (C=O) groups excluding carboxylic acids is 1. The van der Waals surface area contributed by atoms with Crippen LogP contribution in [0.1, 0.15) is 32.1 Å². The fraction of sp³-hybridized carbons (Fsp3) is 0.875. The van der Waals surface area contributed by atoms with Crippen LogP contribution in [-0.4, -0.2) is 17.0 Å². The summed E-state index contributed by atoms with van der Waals surface area (Å²) in [6.45, 7) is 0. The van der Waals surface area contributed by atoms with Crippen LogP contribution in [0.3, 0.4) is 0 Å². The molecule has 0 aromatic carbocycles. The molecule has 0 amide bonds. The summed E-state index contributed by atoms with van der Waals surface area (Å²) < 4.78 is 0. The minimum Gasteiger partial charge on any atom is -0.549 e. The molecule has 1 fully saturated rings. The van der Waals surface area contributed by atoms with Gasteiger partial charge in [0, 0.05) is 5.25 Å². The van der Waals surface area contributed by atoms with Gasteiger partial charge in [0.25, 0.3) is 0 Å². The predicted octanol–water partition coefficient (Wildman–Crippen LogP) is -2.19. The average Bonchev–Trinajstić information content (AvgIpc) is 1.84. The van der Waals surface area contributed by atoms with Crippen molar-refractivity contribution < 1.29 is 39.5 Å². The van der Waals surface area contributed by atoms with Crippen LogP contribution in [0.2, 0.25) is 0 Å². The fourth-order valence-corrected chi connectivity index (χ4v) is 2.40. The number of hydrogen-bond acceptors (Lipinski definition) is 3. The maximum atomic E-state index is 10.5. The number of hydrogen-bond donors (Lipinski definition) is 0. The first-order valence-corrected chi connectivity index (χ1v) is 5.18. The summed E-state index contributed by atoms with van der Waals surface area (Å²) in [6.07, 6.45) is 5.45. The molecule has 2 nitrogen and oxygen atoms in total. The topological polar surface area (TPSA) is 40.1 Å². The van der Waals surface area contributed by atoms with Crippen molar-refractivity contribution in [3.63, 3.8) is 0 Å². The Morgan fingerprint density at radius 1 is 1.25 bits per heavy atom. The van der Waals surface area contributed by atoms with E-state index in [2.05, 4.69) is 0 Å². The number of aliphatic carboxylic acids is 1. The summed E-state index contributed by atoms with van der Waals surface area (Å²) >= 11 is 1.54. The summed E-state index contributed by atoms with van der Waals surface area (Å²) in [5, 5.41) is 10.2. The molecule has 0 aliphatic carbocycles. The van der Waals surface area contributed by atoms with Crippen LogP contribution in [0.5, 0.6) is 0 Å². The van der Waals surface area contributed by atoms with Crippen molar-refractivity contribution in [2.45, 2.75) is 37.4 Å². The zero-order chi connectivity index (χ0) is 8.10. The Bertz CT molecular complexity index is 133. The maximum Gasteiger partial charge on any atom is 1.00 e. The van der Waals surface area contributed by atoms with Gasteiger partial charge in [0.15, 0.2) is 0 Å². The number of carboxylic acid groups (broad SMARTS) is 1. The summed E-state index contributed by atoms with van der Waals surface area (Å²) in [5.41, 5.74) is 0. The maximum absolute atomic E-state index is 10.5. The molecule has 12 heavy (non-hydrogen) atoms. The number of carboxylic acids is 1. The standard InChI is InChI=1S/C8H14O2S.Na/c9-8(10)7-5-3-1-2-4-6-11-7;/h7H,1-6H2,(H,9,10);/q;+1/p-1. The first kappa shape index (κ1) is 12.8. The molecule has 1 unspecified atom stereocenters. The Balaban J connectivity index is 0.00000121. The van der Waals surface area contributed by atoms with Crippen molar-refractivity contribution in [2.75, 3.05) is 5.75 Å². The van der Waals surface area contributed by atoms with Gasteiger partial charge in [-0.25, -0.2) is 0 Å². The molecule has 0 spiro atoms. The second-order valence-electron chi connectivity index (χ2n) is 2.88. The van der Waals surface area contributed by atoms with Gasteiger partial charge in [0.2, 0.25) is 0 Å². The van der Waals surface area contributed by atoms with Gasteiger partial charge < -0.3 is 9.90 Å². The van der Waals surface area contributed by atoms with Crippen LogP contribution in [0.4, 0.5) is 0 Å². The van der Waals surface area contributed by atoms with Crippen LogP contribution in [0.15, 0.2) is 0 Å². The van der Waals surface area contributed by atoms with Gasteiger partial charge in [0.05, 0.1) is 5.97 Å². The second kappa shape index (κ2) is 7.25. The van der Waals surface area contributed by atoms with E-state index in [9.17, 15) is 9.90 Å². The van der Waals surface area contributed by atoms with E-state index >= 15 is 0 Å². The Labute approximate surface area is 99.8 Å². The zero-order valence-electron chi connectivity index (χ0n) is 7.54. The minimum atomic E-state index is -0.878. The van der Waals surface area contributed by atoms with E-state index in [1.165, 1.54) is 12.8 Å². The number of thioether (sulfide) groups is 1. The van der Waals surface area contributed by atoms with Crippen LogP contribution < -0.4 is 34.7 Å². The summed E-state index contributed by atoms with van der Waals surface area (Å²) in [5.74, 6) is 0.107.